The first-order chi connectivity index (χ1) is 13.3. The molecule has 2 atom stereocenters. The highest BCUT2D eigenvalue weighted by atomic mass is 32.2. The van der Waals surface area contributed by atoms with E-state index in [1.165, 1.54) is 11.8 Å². The van der Waals surface area contributed by atoms with Crippen LogP contribution in [-0.4, -0.2) is 39.6 Å². The van der Waals surface area contributed by atoms with Crippen LogP contribution >= 0.6 is 11.8 Å². The van der Waals surface area contributed by atoms with Crippen LogP contribution in [0.3, 0.4) is 0 Å². The predicted octanol–water partition coefficient (Wildman–Crippen LogP) is 4.01. The summed E-state index contributed by atoms with van der Waals surface area (Å²) in [7, 11) is 1.62. The largest absolute Gasteiger partial charge is 0.497 e. The Kier molecular flexibility index (Phi) is 8.17. The molecule has 8 heteroatoms. The fourth-order valence-corrected chi connectivity index (χ4v) is 3.51. The molecule has 2 rings (SSSR count). The van der Waals surface area contributed by atoms with Gasteiger partial charge in [-0.3, -0.25) is 4.79 Å². The summed E-state index contributed by atoms with van der Waals surface area (Å²) in [5, 5.41) is 12.3. The number of hydrogen-bond donors (Lipinski definition) is 1. The van der Waals surface area contributed by atoms with Gasteiger partial charge in [-0.2, -0.15) is 0 Å². The molecule has 2 unspecified atom stereocenters. The average molecular weight is 407 g/mol. The Morgan fingerprint density at radius 3 is 2.57 bits per heavy atom. The number of amides is 1. The summed E-state index contributed by atoms with van der Waals surface area (Å²) in [5.74, 6) is 2.47. The van der Waals surface area contributed by atoms with E-state index in [0.29, 0.717) is 16.7 Å². The van der Waals surface area contributed by atoms with Crippen LogP contribution in [0.4, 0.5) is 0 Å². The van der Waals surface area contributed by atoms with Gasteiger partial charge in [0.1, 0.15) is 11.5 Å². The molecule has 1 N–H and O–H groups in total. The summed E-state index contributed by atoms with van der Waals surface area (Å²) in [4.78, 5) is 12.1. The van der Waals surface area contributed by atoms with Crippen molar-refractivity contribution in [3.63, 3.8) is 0 Å². The lowest BCUT2D eigenvalue weighted by Crippen LogP contribution is -2.33. The summed E-state index contributed by atoms with van der Waals surface area (Å²) in [5.41, 5.74) is 0. The number of thioether (sulfide) groups is 1. The minimum Gasteiger partial charge on any atom is -0.497 e. The van der Waals surface area contributed by atoms with Crippen molar-refractivity contribution in [1.29, 1.82) is 0 Å². The van der Waals surface area contributed by atoms with Gasteiger partial charge in [0, 0.05) is 18.2 Å². The van der Waals surface area contributed by atoms with Crippen LogP contribution in [0.2, 0.25) is 0 Å². The van der Waals surface area contributed by atoms with E-state index in [9.17, 15) is 4.79 Å². The zero-order valence-corrected chi connectivity index (χ0v) is 18.2. The van der Waals surface area contributed by atoms with Crippen LogP contribution in [-0.2, 0) is 4.79 Å². The highest BCUT2D eigenvalue weighted by Crippen LogP contribution is 2.28. The molecule has 1 amide bonds. The Labute approximate surface area is 171 Å². The maximum Gasteiger partial charge on any atom is 0.230 e. The second kappa shape index (κ2) is 10.4. The number of nitrogens with one attached hydrogen (secondary N) is 1. The molecular weight excluding hydrogens is 376 g/mol. The van der Waals surface area contributed by atoms with Crippen molar-refractivity contribution in [3.8, 4) is 11.5 Å². The highest BCUT2D eigenvalue weighted by molar-refractivity contribution is 7.99. The van der Waals surface area contributed by atoms with Crippen LogP contribution in [0.15, 0.2) is 29.4 Å². The van der Waals surface area contributed by atoms with Gasteiger partial charge in [-0.05, 0) is 46.2 Å². The van der Waals surface area contributed by atoms with Gasteiger partial charge >= 0.3 is 0 Å². The van der Waals surface area contributed by atoms with Gasteiger partial charge in [-0.15, -0.1) is 10.2 Å². The standard InChI is InChI=1S/C20H30N4O3S/c1-7-14(4)21-18(25)12-28-20-23-22-19(24(20)13(2)3)15(5)27-17-10-8-9-16(11-17)26-6/h8-11,13-15H,7,12H2,1-6H3,(H,21,25). The molecule has 0 aliphatic carbocycles. The molecule has 0 spiro atoms. The second-order valence-electron chi connectivity index (χ2n) is 6.91. The molecule has 28 heavy (non-hydrogen) atoms. The van der Waals surface area contributed by atoms with Gasteiger partial charge in [0.2, 0.25) is 5.91 Å². The molecule has 0 saturated heterocycles. The monoisotopic (exact) mass is 406 g/mol. The molecule has 0 fully saturated rings. The van der Waals surface area contributed by atoms with Crippen LogP contribution in [0.5, 0.6) is 11.5 Å². The van der Waals surface area contributed by atoms with Gasteiger partial charge in [0.15, 0.2) is 17.1 Å². The molecule has 1 aromatic heterocycles. The third-order valence-electron chi connectivity index (χ3n) is 4.28. The van der Waals surface area contributed by atoms with Gasteiger partial charge in [0.05, 0.1) is 12.9 Å². The first-order valence-electron chi connectivity index (χ1n) is 9.53. The highest BCUT2D eigenvalue weighted by Gasteiger charge is 2.22. The Morgan fingerprint density at radius 2 is 1.93 bits per heavy atom. The van der Waals surface area contributed by atoms with E-state index < -0.39 is 0 Å². The number of carbonyl (C=O) groups excluding carboxylic acids is 1. The molecular formula is C20H30N4O3S. The van der Waals surface area contributed by atoms with Crippen molar-refractivity contribution in [1.82, 2.24) is 20.1 Å². The first kappa shape index (κ1) is 22.1. The summed E-state index contributed by atoms with van der Waals surface area (Å²) < 4.78 is 13.3. The maximum absolute atomic E-state index is 12.1. The third kappa shape index (κ3) is 5.89. The molecule has 1 heterocycles. The van der Waals surface area contributed by atoms with Gasteiger partial charge < -0.3 is 19.4 Å². The number of ether oxygens (including phenoxy) is 2. The smallest absolute Gasteiger partial charge is 0.230 e. The van der Waals surface area contributed by atoms with Crippen molar-refractivity contribution in [2.75, 3.05) is 12.9 Å². The fourth-order valence-electron chi connectivity index (χ4n) is 2.63. The van der Waals surface area contributed by atoms with Crippen LogP contribution in [0.1, 0.15) is 59.0 Å². The lowest BCUT2D eigenvalue weighted by Gasteiger charge is -2.19. The quantitative estimate of drug-likeness (QED) is 0.601. The van der Waals surface area contributed by atoms with Crippen LogP contribution in [0, 0.1) is 0 Å². The molecule has 0 aliphatic heterocycles. The number of hydrogen-bond acceptors (Lipinski definition) is 6. The number of aromatic nitrogens is 3. The van der Waals surface area contributed by atoms with Crippen LogP contribution < -0.4 is 14.8 Å². The van der Waals surface area contributed by atoms with E-state index in [4.69, 9.17) is 9.47 Å². The Bertz CT molecular complexity index is 779. The molecule has 154 valence electrons. The fraction of sp³-hybridized carbons (Fsp3) is 0.550. The molecule has 0 radical (unpaired) electrons. The van der Waals surface area contributed by atoms with Crippen molar-refractivity contribution in [3.05, 3.63) is 30.1 Å². The second-order valence-corrected chi connectivity index (χ2v) is 7.85. The summed E-state index contributed by atoms with van der Waals surface area (Å²) >= 11 is 1.39. The first-order valence-corrected chi connectivity index (χ1v) is 10.5. The molecule has 1 aromatic carbocycles. The van der Waals surface area contributed by atoms with Crippen molar-refractivity contribution in [2.45, 2.75) is 64.4 Å². The molecule has 7 nitrogen and oxygen atoms in total. The molecule has 2 aromatic rings. The Hall–Kier alpha value is -2.22. The summed E-state index contributed by atoms with van der Waals surface area (Å²) in [6.07, 6.45) is 0.604. The lowest BCUT2D eigenvalue weighted by atomic mass is 10.3. The minimum atomic E-state index is -0.301. The summed E-state index contributed by atoms with van der Waals surface area (Å²) in [6.45, 7) is 10.1. The van der Waals surface area contributed by atoms with Crippen LogP contribution in [0.25, 0.3) is 0 Å². The van der Waals surface area contributed by atoms with Crippen molar-refractivity contribution in [2.24, 2.45) is 0 Å². The van der Waals surface area contributed by atoms with Gasteiger partial charge in [-0.25, -0.2) is 0 Å². The zero-order chi connectivity index (χ0) is 20.7. The average Bonchev–Trinajstić information content (AvgIpc) is 3.10. The number of benzene rings is 1. The molecule has 0 aliphatic rings. The van der Waals surface area contributed by atoms with Gasteiger partial charge in [-0.1, -0.05) is 24.8 Å². The number of nitrogens with zero attached hydrogens (tertiary/aromatic N) is 3. The van der Waals surface area contributed by atoms with E-state index in [-0.39, 0.29) is 24.1 Å². The Balaban J connectivity index is 2.11. The number of methoxy groups -OCH3 is 1. The number of carbonyl (C=O) groups is 1. The normalized spacial score (nSPS) is 13.2. The van der Waals surface area contributed by atoms with E-state index in [0.717, 1.165) is 18.0 Å². The molecule has 0 saturated carbocycles. The Morgan fingerprint density at radius 1 is 1.21 bits per heavy atom. The van der Waals surface area contributed by atoms with E-state index in [1.807, 2.05) is 49.6 Å². The zero-order valence-electron chi connectivity index (χ0n) is 17.4. The molecule has 0 bridgehead atoms. The minimum absolute atomic E-state index is 0.000106. The van der Waals surface area contributed by atoms with E-state index in [1.54, 1.807) is 7.11 Å². The SMILES string of the molecule is CCC(C)NC(=O)CSc1nnc(C(C)Oc2cccc(OC)c2)n1C(C)C. The van der Waals surface area contributed by atoms with E-state index >= 15 is 0 Å². The summed E-state index contributed by atoms with van der Waals surface area (Å²) in [6, 6.07) is 7.77. The van der Waals surface area contributed by atoms with Gasteiger partial charge in [0.25, 0.3) is 0 Å². The lowest BCUT2D eigenvalue weighted by molar-refractivity contribution is -0.119. The van der Waals surface area contributed by atoms with Crippen molar-refractivity contribution >= 4 is 17.7 Å². The van der Waals surface area contributed by atoms with E-state index in [2.05, 4.69) is 29.4 Å². The topological polar surface area (TPSA) is 78.3 Å². The third-order valence-corrected chi connectivity index (χ3v) is 5.22. The predicted molar refractivity (Wildman–Crippen MR) is 111 cm³/mol. The van der Waals surface area contributed by atoms with Crippen molar-refractivity contribution < 1.29 is 14.3 Å². The maximum atomic E-state index is 12.1. The number of rotatable bonds is 10.